The van der Waals surface area contributed by atoms with Crippen molar-refractivity contribution in [1.82, 2.24) is 4.98 Å². The second-order valence-corrected chi connectivity index (χ2v) is 5.62. The predicted molar refractivity (Wildman–Crippen MR) is 91.7 cm³/mol. The number of carbonyl (C=O) groups is 2. The third-order valence-electron chi connectivity index (χ3n) is 3.91. The Morgan fingerprint density at radius 2 is 1.79 bits per heavy atom. The molecule has 6 nitrogen and oxygen atoms in total. The van der Waals surface area contributed by atoms with Gasteiger partial charge in [-0.1, -0.05) is 0 Å². The lowest BCUT2D eigenvalue weighted by atomic mass is 10.1. The summed E-state index contributed by atoms with van der Waals surface area (Å²) in [4.78, 5) is 30.0. The molecule has 1 fully saturated rings. The first kappa shape index (κ1) is 16.1. The van der Waals surface area contributed by atoms with E-state index >= 15 is 0 Å². The number of ether oxygens (including phenoxy) is 1. The van der Waals surface area contributed by atoms with Gasteiger partial charge in [-0.3, -0.25) is 14.6 Å². The average Bonchev–Trinajstić information content (AvgIpc) is 2.63. The summed E-state index contributed by atoms with van der Waals surface area (Å²) in [6.07, 6.45) is 3.30. The fourth-order valence-corrected chi connectivity index (χ4v) is 2.54. The highest BCUT2D eigenvalue weighted by molar-refractivity contribution is 6.04. The van der Waals surface area contributed by atoms with Crippen molar-refractivity contribution < 1.29 is 14.3 Å². The van der Waals surface area contributed by atoms with E-state index in [9.17, 15) is 9.59 Å². The number of hydrogen-bond acceptors (Lipinski definition) is 5. The van der Waals surface area contributed by atoms with Crippen LogP contribution in [0, 0.1) is 0 Å². The summed E-state index contributed by atoms with van der Waals surface area (Å²) in [6.45, 7) is 4.45. The van der Waals surface area contributed by atoms with Gasteiger partial charge < -0.3 is 15.0 Å². The number of aromatic nitrogens is 1. The molecular weight excluding hydrogens is 306 g/mol. The van der Waals surface area contributed by atoms with Crippen LogP contribution in [0.25, 0.3) is 0 Å². The van der Waals surface area contributed by atoms with Gasteiger partial charge in [0.2, 0.25) is 0 Å². The number of hydrogen-bond donors (Lipinski definition) is 1. The largest absolute Gasteiger partial charge is 0.378 e. The van der Waals surface area contributed by atoms with Crippen LogP contribution >= 0.6 is 0 Å². The lowest BCUT2D eigenvalue weighted by Crippen LogP contribution is -2.36. The van der Waals surface area contributed by atoms with Gasteiger partial charge in [-0.15, -0.1) is 0 Å². The van der Waals surface area contributed by atoms with Crippen LogP contribution in [0.1, 0.15) is 27.6 Å². The van der Waals surface area contributed by atoms with Crippen molar-refractivity contribution >= 4 is 23.1 Å². The molecule has 0 radical (unpaired) electrons. The van der Waals surface area contributed by atoms with Crippen LogP contribution in [0.4, 0.5) is 11.4 Å². The van der Waals surface area contributed by atoms with E-state index in [0.29, 0.717) is 30.0 Å². The molecule has 1 aromatic carbocycles. The number of Topliss-reactive ketones (excluding diaryl/α,β-unsaturated/α-hetero) is 1. The molecule has 6 heteroatoms. The van der Waals surface area contributed by atoms with Crippen LogP contribution in [-0.4, -0.2) is 43.0 Å². The van der Waals surface area contributed by atoms with Crippen molar-refractivity contribution in [3.8, 4) is 0 Å². The van der Waals surface area contributed by atoms with E-state index in [2.05, 4.69) is 15.2 Å². The minimum absolute atomic E-state index is 0.00436. The number of ketones is 1. The summed E-state index contributed by atoms with van der Waals surface area (Å²) in [6, 6.07) is 8.65. The fourth-order valence-electron chi connectivity index (χ4n) is 2.54. The molecule has 1 aliphatic heterocycles. The van der Waals surface area contributed by atoms with Gasteiger partial charge in [0.1, 0.15) is 0 Å². The third-order valence-corrected chi connectivity index (χ3v) is 3.91. The first-order chi connectivity index (χ1) is 11.6. The van der Waals surface area contributed by atoms with Gasteiger partial charge in [0.25, 0.3) is 5.91 Å². The Balaban J connectivity index is 1.71. The van der Waals surface area contributed by atoms with Crippen LogP contribution < -0.4 is 10.2 Å². The summed E-state index contributed by atoms with van der Waals surface area (Å²) < 4.78 is 5.34. The lowest BCUT2D eigenvalue weighted by Gasteiger charge is -2.28. The Morgan fingerprint density at radius 3 is 2.46 bits per heavy atom. The Morgan fingerprint density at radius 1 is 1.08 bits per heavy atom. The Hall–Kier alpha value is -2.73. The van der Waals surface area contributed by atoms with E-state index in [1.54, 1.807) is 36.7 Å². The van der Waals surface area contributed by atoms with E-state index in [-0.39, 0.29) is 11.7 Å². The summed E-state index contributed by atoms with van der Waals surface area (Å²) >= 11 is 0. The van der Waals surface area contributed by atoms with Gasteiger partial charge in [0.15, 0.2) is 5.78 Å². The van der Waals surface area contributed by atoms with E-state index in [1.165, 1.54) is 6.92 Å². The van der Waals surface area contributed by atoms with Crippen molar-refractivity contribution in [2.75, 3.05) is 36.5 Å². The number of benzene rings is 1. The highest BCUT2D eigenvalue weighted by Gasteiger charge is 2.14. The number of anilines is 2. The maximum absolute atomic E-state index is 12.4. The van der Waals surface area contributed by atoms with Gasteiger partial charge in [-0.2, -0.15) is 0 Å². The zero-order chi connectivity index (χ0) is 16.9. The Kier molecular flexibility index (Phi) is 4.86. The van der Waals surface area contributed by atoms with Crippen molar-refractivity contribution in [2.24, 2.45) is 0 Å². The quantitative estimate of drug-likeness (QED) is 0.874. The highest BCUT2D eigenvalue weighted by atomic mass is 16.5. The normalized spacial score (nSPS) is 14.3. The van der Waals surface area contributed by atoms with Gasteiger partial charge in [0, 0.05) is 30.5 Å². The van der Waals surface area contributed by atoms with Crippen molar-refractivity contribution in [3.05, 3.63) is 53.9 Å². The van der Waals surface area contributed by atoms with Gasteiger partial charge in [-0.05, 0) is 37.3 Å². The molecule has 2 heterocycles. The SMILES string of the molecule is CC(=O)c1ccc(NC(=O)c2cncc(N3CCOCC3)c2)cc1. The van der Waals surface area contributed by atoms with Crippen LogP contribution in [0.2, 0.25) is 0 Å². The van der Waals surface area contributed by atoms with Gasteiger partial charge in [0.05, 0.1) is 30.7 Å². The van der Waals surface area contributed by atoms with Crippen molar-refractivity contribution in [3.63, 3.8) is 0 Å². The van der Waals surface area contributed by atoms with E-state index in [1.807, 2.05) is 6.07 Å². The summed E-state index contributed by atoms with van der Waals surface area (Å²) in [7, 11) is 0. The number of morpholine rings is 1. The zero-order valence-corrected chi connectivity index (χ0v) is 13.5. The lowest BCUT2D eigenvalue weighted by molar-refractivity contribution is 0.101. The third kappa shape index (κ3) is 3.78. The summed E-state index contributed by atoms with van der Waals surface area (Å²) in [5, 5.41) is 2.82. The van der Waals surface area contributed by atoms with E-state index < -0.39 is 0 Å². The maximum atomic E-state index is 12.4. The molecular formula is C18H19N3O3. The molecule has 1 aromatic heterocycles. The smallest absolute Gasteiger partial charge is 0.257 e. The number of carbonyl (C=O) groups excluding carboxylic acids is 2. The van der Waals surface area contributed by atoms with E-state index in [0.717, 1.165) is 18.8 Å². The van der Waals surface area contributed by atoms with E-state index in [4.69, 9.17) is 4.74 Å². The predicted octanol–water partition coefficient (Wildman–Crippen LogP) is 2.37. The topological polar surface area (TPSA) is 71.5 Å². The van der Waals surface area contributed by atoms with Crippen molar-refractivity contribution in [1.29, 1.82) is 0 Å². The van der Waals surface area contributed by atoms with Gasteiger partial charge >= 0.3 is 0 Å². The molecule has 0 atom stereocenters. The zero-order valence-electron chi connectivity index (χ0n) is 13.5. The first-order valence-corrected chi connectivity index (χ1v) is 7.83. The van der Waals surface area contributed by atoms with Crippen molar-refractivity contribution in [2.45, 2.75) is 6.92 Å². The van der Waals surface area contributed by atoms with Crippen LogP contribution in [0.5, 0.6) is 0 Å². The molecule has 24 heavy (non-hydrogen) atoms. The van der Waals surface area contributed by atoms with Crippen LogP contribution in [0.15, 0.2) is 42.7 Å². The molecule has 0 saturated carbocycles. The van der Waals surface area contributed by atoms with Crippen LogP contribution in [-0.2, 0) is 4.74 Å². The molecule has 2 aromatic rings. The second kappa shape index (κ2) is 7.23. The Bertz CT molecular complexity index is 737. The number of nitrogens with one attached hydrogen (secondary N) is 1. The molecule has 124 valence electrons. The minimum Gasteiger partial charge on any atom is -0.378 e. The molecule has 1 saturated heterocycles. The monoisotopic (exact) mass is 325 g/mol. The molecule has 0 unspecified atom stereocenters. The van der Waals surface area contributed by atoms with Crippen LogP contribution in [0.3, 0.4) is 0 Å². The Labute approximate surface area is 140 Å². The molecule has 1 amide bonds. The summed E-state index contributed by atoms with van der Waals surface area (Å²) in [5.41, 5.74) is 2.67. The molecule has 0 spiro atoms. The average molecular weight is 325 g/mol. The fraction of sp³-hybridized carbons (Fsp3) is 0.278. The molecule has 1 N–H and O–H groups in total. The maximum Gasteiger partial charge on any atom is 0.257 e. The highest BCUT2D eigenvalue weighted by Crippen LogP contribution is 2.17. The number of nitrogens with zero attached hydrogens (tertiary/aromatic N) is 2. The standard InChI is InChI=1S/C18H19N3O3/c1-13(22)14-2-4-16(5-3-14)20-18(23)15-10-17(12-19-11-15)21-6-8-24-9-7-21/h2-5,10-12H,6-9H2,1H3,(H,20,23). The minimum atomic E-state index is -0.229. The molecule has 1 aliphatic rings. The molecule has 0 bridgehead atoms. The number of amides is 1. The number of pyridine rings is 1. The molecule has 0 aliphatic carbocycles. The first-order valence-electron chi connectivity index (χ1n) is 7.83. The second-order valence-electron chi connectivity index (χ2n) is 5.62. The summed E-state index contributed by atoms with van der Waals surface area (Å²) in [5.74, 6) is -0.233. The van der Waals surface area contributed by atoms with Gasteiger partial charge in [-0.25, -0.2) is 0 Å². The molecule has 3 rings (SSSR count). The number of rotatable bonds is 4.